The lowest BCUT2D eigenvalue weighted by molar-refractivity contribution is -0.157. The molecule has 0 bridgehead atoms. The van der Waals surface area contributed by atoms with Gasteiger partial charge in [-0.1, -0.05) is 47.7 Å². The van der Waals surface area contributed by atoms with Crippen LogP contribution in [0.15, 0.2) is 59.4 Å². The Hall–Kier alpha value is -4.08. The molecule has 0 fully saturated rings. The van der Waals surface area contributed by atoms with E-state index in [4.69, 9.17) is 4.74 Å². The van der Waals surface area contributed by atoms with Crippen molar-refractivity contribution in [3.63, 3.8) is 0 Å². The number of benzene rings is 2. The van der Waals surface area contributed by atoms with Gasteiger partial charge < -0.3 is 10.1 Å². The van der Waals surface area contributed by atoms with Crippen LogP contribution in [0.1, 0.15) is 18.6 Å². The first-order valence-electron chi connectivity index (χ1n) is 9.15. The van der Waals surface area contributed by atoms with Crippen LogP contribution in [-0.4, -0.2) is 39.4 Å². The molecule has 0 saturated carbocycles. The molecule has 154 valence electrons. The van der Waals surface area contributed by atoms with Crippen LogP contribution < -0.4 is 16.2 Å². The Morgan fingerprint density at radius 2 is 1.77 bits per heavy atom. The number of hydrogen-bond acceptors (Lipinski definition) is 7. The molecule has 0 aliphatic rings. The van der Waals surface area contributed by atoms with Crippen molar-refractivity contribution < 1.29 is 19.1 Å². The van der Waals surface area contributed by atoms with Crippen molar-refractivity contribution in [1.29, 1.82) is 0 Å². The van der Waals surface area contributed by atoms with E-state index in [1.165, 1.54) is 0 Å². The van der Waals surface area contributed by atoms with Crippen molar-refractivity contribution in [1.82, 2.24) is 25.6 Å². The van der Waals surface area contributed by atoms with Crippen molar-refractivity contribution in [2.24, 2.45) is 0 Å². The summed E-state index contributed by atoms with van der Waals surface area (Å²) >= 11 is 0. The highest BCUT2D eigenvalue weighted by Crippen LogP contribution is 2.18. The molecule has 0 aliphatic heterocycles. The van der Waals surface area contributed by atoms with Gasteiger partial charge in [-0.15, -0.1) is 5.10 Å². The van der Waals surface area contributed by atoms with Gasteiger partial charge in [0.25, 0.3) is 11.5 Å². The van der Waals surface area contributed by atoms with Gasteiger partial charge in [0.1, 0.15) is 12.1 Å². The van der Waals surface area contributed by atoms with Gasteiger partial charge in [0.05, 0.1) is 5.39 Å². The number of carbonyl (C=O) groups is 3. The fourth-order valence-electron chi connectivity index (χ4n) is 2.70. The molecular weight excluding hydrogens is 390 g/mol. The highest BCUT2D eigenvalue weighted by Gasteiger charge is 2.27. The number of aromatic nitrogens is 3. The number of ether oxygens (including phenoxy) is 1. The van der Waals surface area contributed by atoms with E-state index >= 15 is 0 Å². The summed E-state index contributed by atoms with van der Waals surface area (Å²) in [6, 6.07) is 14.1. The summed E-state index contributed by atoms with van der Waals surface area (Å²) in [5, 5.41) is 12.5. The SMILES string of the molecule is CCNC(=O)NC(=O)C(OC(=O)Cn1nnc2ccccc2c1=O)c1ccccc1. The number of nitrogens with zero attached hydrogens (tertiary/aromatic N) is 3. The largest absolute Gasteiger partial charge is 0.446 e. The van der Waals surface area contributed by atoms with Crippen LogP contribution in [0.4, 0.5) is 4.79 Å². The third kappa shape index (κ3) is 4.85. The summed E-state index contributed by atoms with van der Waals surface area (Å²) in [6.07, 6.45) is -1.38. The number of nitrogens with one attached hydrogen (secondary N) is 2. The van der Waals surface area contributed by atoms with Gasteiger partial charge in [0.15, 0.2) is 0 Å². The van der Waals surface area contributed by atoms with E-state index < -0.39 is 36.1 Å². The van der Waals surface area contributed by atoms with Gasteiger partial charge >= 0.3 is 12.0 Å². The molecule has 10 heteroatoms. The van der Waals surface area contributed by atoms with E-state index in [2.05, 4.69) is 20.9 Å². The quantitative estimate of drug-likeness (QED) is 0.579. The highest BCUT2D eigenvalue weighted by molar-refractivity contribution is 5.97. The molecule has 0 aliphatic carbocycles. The van der Waals surface area contributed by atoms with E-state index in [1.54, 1.807) is 61.5 Å². The Labute approximate surface area is 170 Å². The number of carbonyl (C=O) groups excluding carboxylic acids is 3. The average molecular weight is 409 g/mol. The summed E-state index contributed by atoms with van der Waals surface area (Å²) in [7, 11) is 0. The van der Waals surface area contributed by atoms with Gasteiger partial charge in [-0.25, -0.2) is 4.79 Å². The van der Waals surface area contributed by atoms with E-state index in [-0.39, 0.29) is 0 Å². The van der Waals surface area contributed by atoms with Crippen molar-refractivity contribution in [3.8, 4) is 0 Å². The van der Waals surface area contributed by atoms with Crippen molar-refractivity contribution in [2.45, 2.75) is 19.6 Å². The van der Waals surface area contributed by atoms with Crippen LogP contribution in [0.3, 0.4) is 0 Å². The lowest BCUT2D eigenvalue weighted by atomic mass is 10.1. The zero-order chi connectivity index (χ0) is 21.5. The summed E-state index contributed by atoms with van der Waals surface area (Å²) in [5.41, 5.74) is 0.251. The zero-order valence-electron chi connectivity index (χ0n) is 16.1. The van der Waals surface area contributed by atoms with Gasteiger partial charge in [-0.3, -0.25) is 19.7 Å². The third-order valence-electron chi connectivity index (χ3n) is 4.07. The van der Waals surface area contributed by atoms with Gasteiger partial charge in [0.2, 0.25) is 6.10 Å². The number of esters is 1. The molecule has 2 aromatic carbocycles. The predicted octanol–water partition coefficient (Wildman–Crippen LogP) is 0.922. The molecule has 1 heterocycles. The van der Waals surface area contributed by atoms with Gasteiger partial charge in [-0.2, -0.15) is 4.68 Å². The second kappa shape index (κ2) is 9.41. The molecule has 1 aromatic heterocycles. The van der Waals surface area contributed by atoms with E-state index in [0.29, 0.717) is 23.0 Å². The molecule has 1 unspecified atom stereocenters. The first-order chi connectivity index (χ1) is 14.5. The Kier molecular flexibility index (Phi) is 6.48. The minimum absolute atomic E-state index is 0.300. The van der Waals surface area contributed by atoms with Crippen LogP contribution in [0.2, 0.25) is 0 Å². The van der Waals surface area contributed by atoms with Crippen LogP contribution in [0.5, 0.6) is 0 Å². The zero-order valence-corrected chi connectivity index (χ0v) is 16.1. The second-order valence-electron chi connectivity index (χ2n) is 6.20. The molecule has 0 spiro atoms. The Morgan fingerprint density at radius 1 is 1.07 bits per heavy atom. The summed E-state index contributed by atoms with van der Waals surface area (Å²) in [5.74, 6) is -1.71. The fraction of sp³-hybridized carbons (Fsp3) is 0.200. The highest BCUT2D eigenvalue weighted by atomic mass is 16.5. The second-order valence-corrected chi connectivity index (χ2v) is 6.20. The standard InChI is InChI=1S/C20H19N5O5/c1-2-21-20(29)22-18(27)17(13-8-4-3-5-9-13)30-16(26)12-25-19(28)14-10-6-7-11-15(14)23-24-25/h3-11,17H,2,12H2,1H3,(H2,21,22,27,29). The Balaban J connectivity index is 1.80. The summed E-state index contributed by atoms with van der Waals surface area (Å²) in [6.45, 7) is 1.47. The number of hydrogen-bond donors (Lipinski definition) is 2. The smallest absolute Gasteiger partial charge is 0.329 e. The van der Waals surface area contributed by atoms with Gasteiger partial charge in [0, 0.05) is 12.1 Å². The predicted molar refractivity (Wildman–Crippen MR) is 106 cm³/mol. The van der Waals surface area contributed by atoms with E-state index in [0.717, 1.165) is 4.68 Å². The lowest BCUT2D eigenvalue weighted by Gasteiger charge is -2.17. The summed E-state index contributed by atoms with van der Waals surface area (Å²) < 4.78 is 6.15. The van der Waals surface area contributed by atoms with E-state index in [9.17, 15) is 19.2 Å². The number of imide groups is 1. The molecular formula is C20H19N5O5. The van der Waals surface area contributed by atoms with Crippen molar-refractivity contribution in [2.75, 3.05) is 6.54 Å². The summed E-state index contributed by atoms with van der Waals surface area (Å²) in [4.78, 5) is 49.2. The maximum atomic E-state index is 12.5. The molecule has 0 saturated heterocycles. The molecule has 3 aromatic rings. The van der Waals surface area contributed by atoms with Crippen LogP contribution in [-0.2, 0) is 20.9 Å². The maximum Gasteiger partial charge on any atom is 0.329 e. The fourth-order valence-corrected chi connectivity index (χ4v) is 2.70. The lowest BCUT2D eigenvalue weighted by Crippen LogP contribution is -2.43. The Bertz CT molecular complexity index is 1130. The van der Waals surface area contributed by atoms with Gasteiger partial charge in [-0.05, 0) is 19.1 Å². The van der Waals surface area contributed by atoms with E-state index in [1.807, 2.05) is 0 Å². The molecule has 0 radical (unpaired) electrons. The number of fused-ring (bicyclic) bond motifs is 1. The monoisotopic (exact) mass is 409 g/mol. The number of rotatable bonds is 6. The van der Waals surface area contributed by atoms with Crippen LogP contribution in [0, 0.1) is 0 Å². The maximum absolute atomic E-state index is 12.5. The third-order valence-corrected chi connectivity index (χ3v) is 4.07. The van der Waals surface area contributed by atoms with Crippen LogP contribution >= 0.6 is 0 Å². The minimum Gasteiger partial charge on any atom is -0.446 e. The molecule has 3 rings (SSSR count). The topological polar surface area (TPSA) is 132 Å². The molecule has 3 amide bonds. The molecule has 1 atom stereocenters. The molecule has 2 N–H and O–H groups in total. The van der Waals surface area contributed by atoms with Crippen LogP contribution in [0.25, 0.3) is 10.9 Å². The first-order valence-corrected chi connectivity index (χ1v) is 9.15. The minimum atomic E-state index is -1.38. The van der Waals surface area contributed by atoms with Crippen molar-refractivity contribution >= 4 is 28.8 Å². The molecule has 30 heavy (non-hydrogen) atoms. The number of amides is 3. The first kappa shape index (κ1) is 20.6. The normalized spacial score (nSPS) is 11.5. The molecule has 10 nitrogen and oxygen atoms in total. The Morgan fingerprint density at radius 3 is 2.50 bits per heavy atom. The number of urea groups is 1. The average Bonchev–Trinajstić information content (AvgIpc) is 2.75. The van der Waals surface area contributed by atoms with Crippen molar-refractivity contribution in [3.05, 3.63) is 70.5 Å².